The molecule has 29 heavy (non-hydrogen) atoms. The molecule has 8 nitrogen and oxygen atoms in total. The molecule has 3 rings (SSSR count). The van der Waals surface area contributed by atoms with E-state index in [1.54, 1.807) is 12.1 Å². The Bertz CT molecular complexity index is 795. The summed E-state index contributed by atoms with van der Waals surface area (Å²) in [5.41, 5.74) is 1.91. The molecule has 1 heterocycles. The van der Waals surface area contributed by atoms with Gasteiger partial charge in [-0.2, -0.15) is 0 Å². The molecule has 5 atom stereocenters. The Balaban J connectivity index is 1.80. The highest BCUT2D eigenvalue weighted by molar-refractivity contribution is 5.53. The van der Waals surface area contributed by atoms with E-state index in [0.29, 0.717) is 6.42 Å². The van der Waals surface area contributed by atoms with Crippen molar-refractivity contribution in [3.05, 3.63) is 53.6 Å². The molecule has 0 saturated carbocycles. The molecule has 1 saturated heterocycles. The monoisotopic (exact) mass is 406 g/mol. The second-order valence-corrected chi connectivity index (χ2v) is 6.95. The molecule has 8 heteroatoms. The van der Waals surface area contributed by atoms with Gasteiger partial charge in [0.2, 0.25) is 12.0 Å². The van der Waals surface area contributed by atoms with Crippen LogP contribution in [0.1, 0.15) is 11.1 Å². The van der Waals surface area contributed by atoms with Crippen molar-refractivity contribution in [2.75, 3.05) is 13.7 Å². The number of aryl methyl sites for hydroxylation is 2. The van der Waals surface area contributed by atoms with E-state index in [4.69, 9.17) is 14.2 Å². The molecule has 1 fully saturated rings. The summed E-state index contributed by atoms with van der Waals surface area (Å²) in [6.45, 7) is -0.565. The van der Waals surface area contributed by atoms with Crippen molar-refractivity contribution < 1.29 is 39.7 Å². The molecule has 0 radical (unpaired) electrons. The minimum absolute atomic E-state index is 0.0467. The summed E-state index contributed by atoms with van der Waals surface area (Å²) >= 11 is 0. The van der Waals surface area contributed by atoms with E-state index in [-0.39, 0.29) is 17.2 Å². The van der Waals surface area contributed by atoms with E-state index in [9.17, 15) is 25.5 Å². The summed E-state index contributed by atoms with van der Waals surface area (Å²) in [6, 6.07) is 13.1. The van der Waals surface area contributed by atoms with Crippen LogP contribution in [-0.4, -0.2) is 70.0 Å². The SMILES string of the molecule is COc1c(O)cc(CCc2ccccc2)cc1O[C@@H]1O[C@H](CO)[C@@H](O)[C@H](O)[C@H]1O. The lowest BCUT2D eigenvalue weighted by molar-refractivity contribution is -0.277. The van der Waals surface area contributed by atoms with Crippen LogP contribution in [0.3, 0.4) is 0 Å². The van der Waals surface area contributed by atoms with Crippen LogP contribution in [0, 0.1) is 0 Å². The Labute approximate surface area is 168 Å². The summed E-state index contributed by atoms with van der Waals surface area (Å²) < 4.78 is 16.2. The van der Waals surface area contributed by atoms with E-state index in [0.717, 1.165) is 17.5 Å². The summed E-state index contributed by atoms with van der Waals surface area (Å²) in [6.07, 6.45) is -5.72. The molecule has 0 bridgehead atoms. The third kappa shape index (κ3) is 4.80. The number of hydrogen-bond donors (Lipinski definition) is 5. The van der Waals surface area contributed by atoms with E-state index in [1.165, 1.54) is 7.11 Å². The van der Waals surface area contributed by atoms with Gasteiger partial charge >= 0.3 is 0 Å². The summed E-state index contributed by atoms with van der Waals surface area (Å²) in [7, 11) is 1.36. The van der Waals surface area contributed by atoms with Gasteiger partial charge in [0.15, 0.2) is 11.5 Å². The predicted molar refractivity (Wildman–Crippen MR) is 103 cm³/mol. The van der Waals surface area contributed by atoms with Crippen molar-refractivity contribution in [3.8, 4) is 17.2 Å². The van der Waals surface area contributed by atoms with Gasteiger partial charge in [0, 0.05) is 0 Å². The summed E-state index contributed by atoms with van der Waals surface area (Å²) in [5.74, 6) is 0.0166. The minimum atomic E-state index is -1.56. The van der Waals surface area contributed by atoms with E-state index in [1.807, 2.05) is 30.3 Å². The number of benzene rings is 2. The van der Waals surface area contributed by atoms with Gasteiger partial charge in [-0.15, -0.1) is 0 Å². The van der Waals surface area contributed by atoms with Crippen LogP contribution in [0.5, 0.6) is 17.2 Å². The average Bonchev–Trinajstić information content (AvgIpc) is 2.73. The molecule has 5 N–H and O–H groups in total. The largest absolute Gasteiger partial charge is 0.504 e. The first-order chi connectivity index (χ1) is 13.9. The number of phenolic OH excluding ortho intramolecular Hbond substituents is 1. The van der Waals surface area contributed by atoms with Gasteiger partial charge in [-0.05, 0) is 36.1 Å². The van der Waals surface area contributed by atoms with Crippen LogP contribution in [0.2, 0.25) is 0 Å². The summed E-state index contributed by atoms with van der Waals surface area (Å²) in [5, 5.41) is 49.7. The highest BCUT2D eigenvalue weighted by atomic mass is 16.7. The van der Waals surface area contributed by atoms with Crippen molar-refractivity contribution >= 4 is 0 Å². The average molecular weight is 406 g/mol. The van der Waals surface area contributed by atoms with Crippen LogP contribution in [0.25, 0.3) is 0 Å². The van der Waals surface area contributed by atoms with Gasteiger partial charge in [0.25, 0.3) is 0 Å². The van der Waals surface area contributed by atoms with Crippen molar-refractivity contribution in [2.24, 2.45) is 0 Å². The number of aromatic hydroxyl groups is 1. The van der Waals surface area contributed by atoms with Crippen LogP contribution in [0.15, 0.2) is 42.5 Å². The lowest BCUT2D eigenvalue weighted by Gasteiger charge is -2.39. The van der Waals surface area contributed by atoms with Crippen LogP contribution < -0.4 is 9.47 Å². The molecule has 0 aromatic heterocycles. The number of methoxy groups -OCH3 is 1. The van der Waals surface area contributed by atoms with Crippen molar-refractivity contribution in [1.82, 2.24) is 0 Å². The Kier molecular flexibility index (Phi) is 6.94. The molecule has 0 amide bonds. The maximum Gasteiger partial charge on any atom is 0.229 e. The van der Waals surface area contributed by atoms with Gasteiger partial charge in [-0.25, -0.2) is 0 Å². The van der Waals surface area contributed by atoms with Gasteiger partial charge in [-0.3, -0.25) is 0 Å². The second kappa shape index (κ2) is 9.43. The number of hydrogen-bond acceptors (Lipinski definition) is 8. The lowest BCUT2D eigenvalue weighted by atomic mass is 9.99. The highest BCUT2D eigenvalue weighted by Gasteiger charge is 2.45. The fourth-order valence-electron chi connectivity index (χ4n) is 3.30. The molecule has 0 unspecified atom stereocenters. The van der Waals surface area contributed by atoms with Crippen molar-refractivity contribution in [2.45, 2.75) is 43.5 Å². The first-order valence-corrected chi connectivity index (χ1v) is 9.35. The maximum atomic E-state index is 10.3. The fourth-order valence-corrected chi connectivity index (χ4v) is 3.30. The zero-order valence-corrected chi connectivity index (χ0v) is 16.0. The molecule has 1 aliphatic rings. The Morgan fingerprint density at radius 3 is 2.28 bits per heavy atom. The molecular weight excluding hydrogens is 380 g/mol. The zero-order chi connectivity index (χ0) is 21.0. The third-order valence-electron chi connectivity index (χ3n) is 4.94. The topological polar surface area (TPSA) is 129 Å². The van der Waals surface area contributed by atoms with Crippen LogP contribution in [-0.2, 0) is 17.6 Å². The third-order valence-corrected chi connectivity index (χ3v) is 4.94. The van der Waals surface area contributed by atoms with E-state index in [2.05, 4.69) is 0 Å². The molecule has 1 aliphatic heterocycles. The predicted octanol–water partition coefficient (Wildman–Crippen LogP) is 0.365. The normalized spacial score (nSPS) is 26.9. The van der Waals surface area contributed by atoms with E-state index >= 15 is 0 Å². The first-order valence-electron chi connectivity index (χ1n) is 9.35. The van der Waals surface area contributed by atoms with Crippen LogP contribution >= 0.6 is 0 Å². The number of phenols is 1. The maximum absolute atomic E-state index is 10.3. The standard InChI is InChI=1S/C21H26O8/c1-27-20-14(23)9-13(8-7-12-5-3-2-4-6-12)10-15(20)28-21-19(26)18(25)17(24)16(11-22)29-21/h2-6,9-10,16-19,21-26H,7-8,11H2,1H3/t16-,17-,18+,19-,21-/m1/s1. The number of ether oxygens (including phenoxy) is 3. The van der Waals surface area contributed by atoms with Crippen molar-refractivity contribution in [1.29, 1.82) is 0 Å². The minimum Gasteiger partial charge on any atom is -0.504 e. The number of aliphatic hydroxyl groups is 4. The van der Waals surface area contributed by atoms with Gasteiger partial charge in [0.1, 0.15) is 24.4 Å². The van der Waals surface area contributed by atoms with Gasteiger partial charge < -0.3 is 39.7 Å². The molecule has 2 aromatic carbocycles. The zero-order valence-electron chi connectivity index (χ0n) is 16.0. The fraction of sp³-hybridized carbons (Fsp3) is 0.429. The van der Waals surface area contributed by atoms with Crippen LogP contribution in [0.4, 0.5) is 0 Å². The number of aliphatic hydroxyl groups excluding tert-OH is 4. The molecule has 2 aromatic rings. The van der Waals surface area contributed by atoms with Crippen molar-refractivity contribution in [3.63, 3.8) is 0 Å². The Hall–Kier alpha value is -2.36. The first kappa shape index (κ1) is 21.4. The van der Waals surface area contributed by atoms with E-state index < -0.39 is 37.3 Å². The highest BCUT2D eigenvalue weighted by Crippen LogP contribution is 2.39. The molecule has 158 valence electrons. The quantitative estimate of drug-likeness (QED) is 0.446. The lowest BCUT2D eigenvalue weighted by Crippen LogP contribution is -2.60. The Morgan fingerprint density at radius 1 is 0.931 bits per heavy atom. The summed E-state index contributed by atoms with van der Waals surface area (Å²) in [4.78, 5) is 0. The Morgan fingerprint density at radius 2 is 1.62 bits per heavy atom. The molecular formula is C21H26O8. The molecule has 0 spiro atoms. The number of rotatable bonds is 7. The van der Waals surface area contributed by atoms with Gasteiger partial charge in [-0.1, -0.05) is 30.3 Å². The second-order valence-electron chi connectivity index (χ2n) is 6.95. The molecule has 0 aliphatic carbocycles. The smallest absolute Gasteiger partial charge is 0.229 e. The van der Waals surface area contributed by atoms with Gasteiger partial charge in [0.05, 0.1) is 13.7 Å².